The highest BCUT2D eigenvalue weighted by Crippen LogP contribution is 2.36. The normalized spacial score (nSPS) is 12.3. The maximum absolute atomic E-state index is 13.8. The fourth-order valence-corrected chi connectivity index (χ4v) is 2.47. The summed E-state index contributed by atoms with van der Waals surface area (Å²) in [5.41, 5.74) is 0.521. The Hall–Kier alpha value is -1.03. The second kappa shape index (κ2) is 6.17. The van der Waals surface area contributed by atoms with Crippen molar-refractivity contribution in [2.45, 2.75) is 5.38 Å². The SMILES string of the molecule is COc1ccc(C(Cl)c2cc(F)c(Cl)cc2F)cc1Cl. The number of alkyl halides is 1. The zero-order chi connectivity index (χ0) is 14.9. The molecule has 0 fully saturated rings. The summed E-state index contributed by atoms with van der Waals surface area (Å²) in [5.74, 6) is -0.932. The lowest BCUT2D eigenvalue weighted by molar-refractivity contribution is 0.415. The molecule has 0 amide bonds. The molecular weight excluding hydrogens is 329 g/mol. The molecule has 0 radical (unpaired) electrons. The van der Waals surface area contributed by atoms with Gasteiger partial charge in [0.05, 0.1) is 22.5 Å². The number of hydrogen-bond donors (Lipinski definition) is 0. The van der Waals surface area contributed by atoms with Crippen LogP contribution in [0, 0.1) is 11.6 Å². The summed E-state index contributed by atoms with van der Waals surface area (Å²) < 4.78 is 32.3. The van der Waals surface area contributed by atoms with Crippen LogP contribution >= 0.6 is 34.8 Å². The molecule has 0 saturated carbocycles. The van der Waals surface area contributed by atoms with Crippen LogP contribution in [0.3, 0.4) is 0 Å². The highest BCUT2D eigenvalue weighted by Gasteiger charge is 2.19. The molecule has 1 unspecified atom stereocenters. The topological polar surface area (TPSA) is 9.23 Å². The number of rotatable bonds is 3. The predicted molar refractivity (Wildman–Crippen MR) is 77.1 cm³/mol. The largest absolute Gasteiger partial charge is 0.495 e. The van der Waals surface area contributed by atoms with E-state index in [1.165, 1.54) is 7.11 Å². The number of ether oxygens (including phenoxy) is 1. The van der Waals surface area contributed by atoms with Gasteiger partial charge in [0.15, 0.2) is 0 Å². The van der Waals surface area contributed by atoms with E-state index in [4.69, 9.17) is 39.5 Å². The third-order valence-electron chi connectivity index (χ3n) is 2.78. The van der Waals surface area contributed by atoms with Crippen LogP contribution in [0.5, 0.6) is 5.75 Å². The zero-order valence-electron chi connectivity index (χ0n) is 10.3. The molecule has 20 heavy (non-hydrogen) atoms. The van der Waals surface area contributed by atoms with Gasteiger partial charge in [-0.25, -0.2) is 8.78 Å². The molecule has 106 valence electrons. The lowest BCUT2D eigenvalue weighted by Crippen LogP contribution is -1.99. The molecule has 2 aromatic carbocycles. The summed E-state index contributed by atoms with van der Waals surface area (Å²) in [6.45, 7) is 0. The van der Waals surface area contributed by atoms with Crippen molar-refractivity contribution in [1.29, 1.82) is 0 Å². The predicted octanol–water partition coefficient (Wildman–Crippen LogP) is 5.61. The maximum Gasteiger partial charge on any atom is 0.142 e. The Balaban J connectivity index is 2.43. The molecule has 2 aromatic rings. The third-order valence-corrected chi connectivity index (χ3v) is 3.85. The smallest absolute Gasteiger partial charge is 0.142 e. The molecule has 0 saturated heterocycles. The fraction of sp³-hybridized carbons (Fsp3) is 0.143. The molecule has 0 aromatic heterocycles. The van der Waals surface area contributed by atoms with Gasteiger partial charge in [0.2, 0.25) is 0 Å². The quantitative estimate of drug-likeness (QED) is 0.522. The lowest BCUT2D eigenvalue weighted by atomic mass is 10.0. The monoisotopic (exact) mass is 336 g/mol. The minimum atomic E-state index is -0.884. The Kier molecular flexibility index (Phi) is 4.74. The van der Waals surface area contributed by atoms with Crippen LogP contribution in [0.4, 0.5) is 8.78 Å². The Morgan fingerprint density at radius 3 is 2.30 bits per heavy atom. The zero-order valence-corrected chi connectivity index (χ0v) is 12.5. The van der Waals surface area contributed by atoms with E-state index in [0.29, 0.717) is 16.3 Å². The van der Waals surface area contributed by atoms with Gasteiger partial charge in [0.1, 0.15) is 17.4 Å². The third kappa shape index (κ3) is 3.00. The molecule has 0 spiro atoms. The summed E-state index contributed by atoms with van der Waals surface area (Å²) >= 11 is 17.7. The van der Waals surface area contributed by atoms with E-state index < -0.39 is 17.0 Å². The molecule has 1 atom stereocenters. The summed E-state index contributed by atoms with van der Waals surface area (Å²) in [4.78, 5) is 0. The number of benzene rings is 2. The Bertz CT molecular complexity index is 647. The highest BCUT2D eigenvalue weighted by atomic mass is 35.5. The summed E-state index contributed by atoms with van der Waals surface area (Å²) in [7, 11) is 1.48. The van der Waals surface area contributed by atoms with Crippen LogP contribution in [0.25, 0.3) is 0 Å². The Morgan fingerprint density at radius 1 is 1.00 bits per heavy atom. The van der Waals surface area contributed by atoms with Gasteiger partial charge in [-0.2, -0.15) is 0 Å². The minimum Gasteiger partial charge on any atom is -0.495 e. The van der Waals surface area contributed by atoms with Gasteiger partial charge in [-0.15, -0.1) is 11.6 Å². The van der Waals surface area contributed by atoms with Crippen LogP contribution < -0.4 is 4.74 Å². The van der Waals surface area contributed by atoms with Gasteiger partial charge in [-0.3, -0.25) is 0 Å². The van der Waals surface area contributed by atoms with Gasteiger partial charge >= 0.3 is 0 Å². The van der Waals surface area contributed by atoms with E-state index in [9.17, 15) is 8.78 Å². The van der Waals surface area contributed by atoms with Crippen molar-refractivity contribution in [3.8, 4) is 5.75 Å². The van der Waals surface area contributed by atoms with E-state index in [2.05, 4.69) is 0 Å². The maximum atomic E-state index is 13.8. The van der Waals surface area contributed by atoms with Gasteiger partial charge in [-0.1, -0.05) is 29.3 Å². The van der Waals surface area contributed by atoms with Crippen molar-refractivity contribution in [3.63, 3.8) is 0 Å². The second-order valence-electron chi connectivity index (χ2n) is 4.04. The summed E-state index contributed by atoms with van der Waals surface area (Å²) in [6, 6.07) is 6.66. The minimum absolute atomic E-state index is 0.00481. The summed E-state index contributed by atoms with van der Waals surface area (Å²) in [6.07, 6.45) is 0. The molecule has 0 heterocycles. The van der Waals surface area contributed by atoms with Crippen molar-refractivity contribution < 1.29 is 13.5 Å². The standard InChI is InChI=1S/C14H9Cl3F2O/c1-20-13-3-2-7(4-10(13)16)14(17)8-5-12(19)9(15)6-11(8)18/h2-6,14H,1H3. The van der Waals surface area contributed by atoms with Crippen LogP contribution in [0.1, 0.15) is 16.5 Å². The first-order valence-electron chi connectivity index (χ1n) is 5.56. The van der Waals surface area contributed by atoms with Crippen molar-refractivity contribution in [2.24, 2.45) is 0 Å². The average molecular weight is 338 g/mol. The Morgan fingerprint density at radius 2 is 1.70 bits per heavy atom. The first-order valence-corrected chi connectivity index (χ1v) is 6.75. The van der Waals surface area contributed by atoms with Crippen molar-refractivity contribution >= 4 is 34.8 Å². The molecule has 6 heteroatoms. The Labute approximate surface area is 130 Å². The van der Waals surface area contributed by atoms with Crippen molar-refractivity contribution in [2.75, 3.05) is 7.11 Å². The van der Waals surface area contributed by atoms with E-state index in [1.807, 2.05) is 0 Å². The van der Waals surface area contributed by atoms with E-state index in [-0.39, 0.29) is 10.6 Å². The van der Waals surface area contributed by atoms with Gasteiger partial charge in [-0.05, 0) is 29.8 Å². The molecule has 0 bridgehead atoms. The van der Waals surface area contributed by atoms with E-state index in [0.717, 1.165) is 12.1 Å². The van der Waals surface area contributed by atoms with Crippen molar-refractivity contribution in [1.82, 2.24) is 0 Å². The first-order chi connectivity index (χ1) is 9.43. The number of hydrogen-bond acceptors (Lipinski definition) is 1. The highest BCUT2D eigenvalue weighted by molar-refractivity contribution is 6.32. The average Bonchev–Trinajstić information content (AvgIpc) is 2.42. The van der Waals surface area contributed by atoms with Crippen LogP contribution in [-0.2, 0) is 0 Å². The molecule has 0 aliphatic carbocycles. The molecule has 0 aliphatic heterocycles. The van der Waals surface area contributed by atoms with Crippen LogP contribution in [0.2, 0.25) is 10.0 Å². The second-order valence-corrected chi connectivity index (χ2v) is 5.30. The van der Waals surface area contributed by atoms with Gasteiger partial charge in [0, 0.05) is 5.56 Å². The molecule has 2 rings (SSSR count). The van der Waals surface area contributed by atoms with Crippen LogP contribution in [-0.4, -0.2) is 7.11 Å². The van der Waals surface area contributed by atoms with E-state index >= 15 is 0 Å². The van der Waals surface area contributed by atoms with Crippen molar-refractivity contribution in [3.05, 3.63) is 63.1 Å². The molecule has 0 N–H and O–H groups in total. The van der Waals surface area contributed by atoms with Gasteiger partial charge < -0.3 is 4.74 Å². The van der Waals surface area contributed by atoms with E-state index in [1.54, 1.807) is 18.2 Å². The molecule has 0 aliphatic rings. The van der Waals surface area contributed by atoms with Gasteiger partial charge in [0.25, 0.3) is 0 Å². The molecule has 1 nitrogen and oxygen atoms in total. The summed E-state index contributed by atoms with van der Waals surface area (Å²) in [5, 5.41) is -0.835. The molecular formula is C14H9Cl3F2O. The number of methoxy groups -OCH3 is 1. The fourth-order valence-electron chi connectivity index (χ4n) is 1.75. The lowest BCUT2D eigenvalue weighted by Gasteiger charge is -2.13. The van der Waals surface area contributed by atoms with Crippen LogP contribution in [0.15, 0.2) is 30.3 Å². The first kappa shape index (κ1) is 15.4. The number of halogens is 5.